The molecule has 0 bridgehead atoms. The molecule has 3 unspecified atom stereocenters. The highest BCUT2D eigenvalue weighted by Gasteiger charge is 2.26. The molecule has 1 aliphatic rings. The molecule has 1 aliphatic carbocycles. The average Bonchev–Trinajstić information content (AvgIpc) is 2.02. The van der Waals surface area contributed by atoms with E-state index in [1.54, 1.807) is 6.66 Å². The number of hydrogen-bond acceptors (Lipinski definition) is 3. The van der Waals surface area contributed by atoms with E-state index in [-0.39, 0.29) is 6.10 Å². The molecule has 0 aromatic carbocycles. The Labute approximate surface area is 86.7 Å². The zero-order valence-corrected chi connectivity index (χ0v) is 10.3. The maximum atomic E-state index is 11.7. The lowest BCUT2D eigenvalue weighted by Crippen LogP contribution is -2.20. The van der Waals surface area contributed by atoms with E-state index in [1.807, 2.05) is 6.92 Å². The largest absolute Gasteiger partial charge is 0.327 e. The zero-order valence-electron chi connectivity index (χ0n) is 9.36. The predicted molar refractivity (Wildman–Crippen MR) is 57.7 cm³/mol. The highest BCUT2D eigenvalue weighted by molar-refractivity contribution is 7.53. The first-order chi connectivity index (χ1) is 6.53. The summed E-state index contributed by atoms with van der Waals surface area (Å²) in [5, 5.41) is 0. The lowest BCUT2D eigenvalue weighted by atomic mass is 9.89. The lowest BCUT2D eigenvalue weighted by molar-refractivity contribution is 0.103. The van der Waals surface area contributed by atoms with Crippen LogP contribution in [-0.4, -0.2) is 19.4 Å². The predicted octanol–water partition coefficient (Wildman–Crippen LogP) is 3.44. The highest BCUT2D eigenvalue weighted by Crippen LogP contribution is 2.47. The van der Waals surface area contributed by atoms with Gasteiger partial charge in [0.05, 0.1) is 12.7 Å². The molecule has 1 rings (SSSR count). The average molecular weight is 220 g/mol. The first kappa shape index (κ1) is 12.2. The van der Waals surface area contributed by atoms with Gasteiger partial charge in [0.25, 0.3) is 0 Å². The Morgan fingerprint density at radius 3 is 2.71 bits per heavy atom. The monoisotopic (exact) mass is 220 g/mol. The first-order valence-corrected chi connectivity index (χ1v) is 7.43. The van der Waals surface area contributed by atoms with Gasteiger partial charge in [-0.25, -0.2) is 0 Å². The van der Waals surface area contributed by atoms with Crippen LogP contribution in [0.2, 0.25) is 0 Å². The summed E-state index contributed by atoms with van der Waals surface area (Å²) >= 11 is 0. The van der Waals surface area contributed by atoms with E-state index in [1.165, 1.54) is 12.8 Å². The van der Waals surface area contributed by atoms with Crippen molar-refractivity contribution in [3.05, 3.63) is 0 Å². The van der Waals surface area contributed by atoms with Crippen molar-refractivity contribution in [1.82, 2.24) is 0 Å². The van der Waals surface area contributed by atoms with Gasteiger partial charge in [-0.3, -0.25) is 4.57 Å². The summed E-state index contributed by atoms with van der Waals surface area (Å²) in [6, 6.07) is 0. The Balaban J connectivity index is 2.39. The second-order valence-corrected chi connectivity index (χ2v) is 6.20. The van der Waals surface area contributed by atoms with Gasteiger partial charge in [0, 0.05) is 6.66 Å². The van der Waals surface area contributed by atoms with Crippen molar-refractivity contribution in [3.63, 3.8) is 0 Å². The molecular weight excluding hydrogens is 199 g/mol. The van der Waals surface area contributed by atoms with Crippen molar-refractivity contribution >= 4 is 7.60 Å². The third-order valence-corrected chi connectivity index (χ3v) is 4.00. The molecule has 0 radical (unpaired) electrons. The Hall–Kier alpha value is 0.150. The van der Waals surface area contributed by atoms with E-state index >= 15 is 0 Å². The molecule has 3 atom stereocenters. The molecule has 4 heteroatoms. The minimum absolute atomic E-state index is 0.140. The van der Waals surface area contributed by atoms with E-state index in [4.69, 9.17) is 9.05 Å². The second kappa shape index (κ2) is 5.29. The molecule has 0 amide bonds. The molecule has 0 heterocycles. The summed E-state index contributed by atoms with van der Waals surface area (Å²) in [4.78, 5) is 0. The van der Waals surface area contributed by atoms with Crippen LogP contribution in [0.5, 0.6) is 0 Å². The molecule has 14 heavy (non-hydrogen) atoms. The van der Waals surface area contributed by atoms with E-state index in [9.17, 15) is 4.57 Å². The summed E-state index contributed by atoms with van der Waals surface area (Å²) in [5.41, 5.74) is 0. The summed E-state index contributed by atoms with van der Waals surface area (Å²) in [5.74, 6) is 0.690. The van der Waals surface area contributed by atoms with Crippen molar-refractivity contribution in [3.8, 4) is 0 Å². The molecule has 0 spiro atoms. The smallest absolute Gasteiger partial charge is 0.309 e. The van der Waals surface area contributed by atoms with Gasteiger partial charge < -0.3 is 9.05 Å². The van der Waals surface area contributed by atoms with Crippen molar-refractivity contribution < 1.29 is 13.6 Å². The zero-order chi connectivity index (χ0) is 10.6. The van der Waals surface area contributed by atoms with Crippen LogP contribution in [-0.2, 0) is 13.6 Å². The summed E-state index contributed by atoms with van der Waals surface area (Å²) < 4.78 is 22.4. The Bertz CT molecular complexity index is 217. The van der Waals surface area contributed by atoms with Crippen LogP contribution in [0.25, 0.3) is 0 Å². The molecule has 3 nitrogen and oxygen atoms in total. The molecule has 1 saturated carbocycles. The number of hydrogen-bond donors (Lipinski definition) is 0. The molecule has 1 fully saturated rings. The van der Waals surface area contributed by atoms with Crippen LogP contribution >= 0.6 is 7.60 Å². The van der Waals surface area contributed by atoms with E-state index in [0.29, 0.717) is 12.5 Å². The van der Waals surface area contributed by atoms with Crippen molar-refractivity contribution in [2.75, 3.05) is 13.3 Å². The van der Waals surface area contributed by atoms with Gasteiger partial charge in [0.15, 0.2) is 0 Å². The SMILES string of the molecule is CCOP(C)(=O)OC1CCCC(C)C1. The first-order valence-electron chi connectivity index (χ1n) is 5.44. The quantitative estimate of drug-likeness (QED) is 0.681. The molecule has 0 aromatic rings. The van der Waals surface area contributed by atoms with Gasteiger partial charge >= 0.3 is 7.60 Å². The highest BCUT2D eigenvalue weighted by atomic mass is 31.2. The minimum atomic E-state index is -2.79. The van der Waals surface area contributed by atoms with Crippen LogP contribution in [0.4, 0.5) is 0 Å². The third kappa shape index (κ3) is 4.12. The van der Waals surface area contributed by atoms with Gasteiger partial charge in [-0.1, -0.05) is 19.8 Å². The van der Waals surface area contributed by atoms with Gasteiger partial charge in [0.1, 0.15) is 0 Å². The summed E-state index contributed by atoms with van der Waals surface area (Å²) in [6.45, 7) is 6.08. The van der Waals surface area contributed by atoms with Gasteiger partial charge in [0.2, 0.25) is 0 Å². The Morgan fingerprint density at radius 2 is 2.14 bits per heavy atom. The van der Waals surface area contributed by atoms with Crippen LogP contribution in [0.1, 0.15) is 39.5 Å². The third-order valence-electron chi connectivity index (χ3n) is 2.59. The fourth-order valence-electron chi connectivity index (χ4n) is 2.01. The maximum Gasteiger partial charge on any atom is 0.327 e. The van der Waals surface area contributed by atoms with E-state index < -0.39 is 7.60 Å². The number of rotatable bonds is 4. The molecule has 0 aliphatic heterocycles. The minimum Gasteiger partial charge on any atom is -0.309 e. The van der Waals surface area contributed by atoms with E-state index in [0.717, 1.165) is 12.8 Å². The maximum absolute atomic E-state index is 11.7. The van der Waals surface area contributed by atoms with Crippen LogP contribution in [0.15, 0.2) is 0 Å². The Morgan fingerprint density at radius 1 is 1.43 bits per heavy atom. The molecule has 0 aromatic heterocycles. The molecule has 0 N–H and O–H groups in total. The van der Waals surface area contributed by atoms with Gasteiger partial charge in [-0.05, 0) is 25.7 Å². The van der Waals surface area contributed by atoms with Crippen molar-refractivity contribution in [1.29, 1.82) is 0 Å². The molecule has 84 valence electrons. The van der Waals surface area contributed by atoms with Crippen LogP contribution in [0.3, 0.4) is 0 Å². The van der Waals surface area contributed by atoms with Crippen LogP contribution in [0, 0.1) is 5.92 Å². The van der Waals surface area contributed by atoms with Crippen molar-refractivity contribution in [2.24, 2.45) is 5.92 Å². The molecule has 0 saturated heterocycles. The van der Waals surface area contributed by atoms with Crippen LogP contribution < -0.4 is 0 Å². The van der Waals surface area contributed by atoms with E-state index in [2.05, 4.69) is 6.92 Å². The summed E-state index contributed by atoms with van der Waals surface area (Å²) in [7, 11) is -2.79. The normalized spacial score (nSPS) is 32.5. The van der Waals surface area contributed by atoms with Crippen molar-refractivity contribution in [2.45, 2.75) is 45.6 Å². The topological polar surface area (TPSA) is 35.5 Å². The fraction of sp³-hybridized carbons (Fsp3) is 1.00. The lowest BCUT2D eigenvalue weighted by Gasteiger charge is -2.28. The Kier molecular flexibility index (Phi) is 4.62. The second-order valence-electron chi connectivity index (χ2n) is 4.19. The summed E-state index contributed by atoms with van der Waals surface area (Å²) in [6.07, 6.45) is 4.63. The van der Waals surface area contributed by atoms with Gasteiger partial charge in [-0.2, -0.15) is 0 Å². The fourth-order valence-corrected chi connectivity index (χ4v) is 3.27. The standard InChI is InChI=1S/C10H21O3P/c1-4-12-14(3,11)13-10-7-5-6-9(2)8-10/h9-10H,4-8H2,1-3H3. The van der Waals surface area contributed by atoms with Gasteiger partial charge in [-0.15, -0.1) is 0 Å². The molecular formula is C10H21O3P.